The summed E-state index contributed by atoms with van der Waals surface area (Å²) in [5, 5.41) is 0. The van der Waals surface area contributed by atoms with Crippen LogP contribution in [-0.2, 0) is 41.7 Å². The Morgan fingerprint density at radius 2 is 0.733 bits per heavy atom. The van der Waals surface area contributed by atoms with Gasteiger partial charge in [0.15, 0.2) is 0 Å². The van der Waals surface area contributed by atoms with E-state index in [0.29, 0.717) is 10.8 Å². The summed E-state index contributed by atoms with van der Waals surface area (Å²) in [5.74, 6) is 9.48. The molecule has 0 nitrogen and oxygen atoms in total. The summed E-state index contributed by atoms with van der Waals surface area (Å²) < 4.78 is 0. The van der Waals surface area contributed by atoms with Gasteiger partial charge in [-0.2, -0.15) is 0 Å². The van der Waals surface area contributed by atoms with Crippen molar-refractivity contribution < 1.29 is 41.7 Å². The molecule has 2 aromatic carbocycles. The predicted molar refractivity (Wildman–Crippen MR) is 261 cm³/mol. The van der Waals surface area contributed by atoms with Gasteiger partial charge in [-0.25, -0.2) is 0 Å². The zero-order chi connectivity index (χ0) is 39.5. The van der Waals surface area contributed by atoms with Gasteiger partial charge in [0.05, 0.1) is 0 Å². The predicted octanol–water partition coefficient (Wildman–Crippen LogP) is 17.8. The summed E-state index contributed by atoms with van der Waals surface area (Å²) in [6.07, 6.45) is 40.1. The first-order valence-corrected chi connectivity index (χ1v) is 34.0. The molecule has 324 valence electrons. The van der Waals surface area contributed by atoms with Crippen LogP contribution in [0.15, 0.2) is 109 Å². The molecule has 8 aliphatic rings. The summed E-state index contributed by atoms with van der Waals surface area (Å²) in [5.41, 5.74) is 6.97. The molecule has 0 heterocycles. The molecule has 2 aromatic rings. The minimum atomic E-state index is -0.826. The molecule has 8 aliphatic carbocycles. The van der Waals surface area contributed by atoms with Gasteiger partial charge in [0.1, 0.15) is 0 Å². The van der Waals surface area contributed by atoms with E-state index in [1.165, 1.54) is 62.5 Å². The second kappa shape index (κ2) is 24.4. The van der Waals surface area contributed by atoms with E-state index in [-0.39, 0.29) is 29.7 Å². The second-order valence-electron chi connectivity index (χ2n) is 18.9. The number of hydrogen-bond acceptors (Lipinski definition) is 0. The van der Waals surface area contributed by atoms with Gasteiger partial charge in [-0.3, -0.25) is 0 Å². The van der Waals surface area contributed by atoms with Crippen molar-refractivity contribution in [2.45, 2.75) is 90.9 Å². The van der Waals surface area contributed by atoms with Crippen molar-refractivity contribution in [3.8, 4) is 0 Å². The number of hydrogen-bond donors (Lipinski definition) is 0. The van der Waals surface area contributed by atoms with Gasteiger partial charge in [-0.1, -0.05) is 149 Å². The minimum absolute atomic E-state index is 0. The molecule has 0 aromatic heterocycles. The Bertz CT molecular complexity index is 1690. The molecule has 0 spiro atoms. The third-order valence-electron chi connectivity index (χ3n) is 16.2. The van der Waals surface area contributed by atoms with Crippen LogP contribution in [0.1, 0.15) is 113 Å². The summed E-state index contributed by atoms with van der Waals surface area (Å²) in [6.45, 7) is 10.4. The van der Waals surface area contributed by atoms with Crippen LogP contribution in [0.4, 0.5) is 0 Å². The molecule has 0 aliphatic heterocycles. The van der Waals surface area contributed by atoms with Crippen molar-refractivity contribution in [1.29, 1.82) is 0 Å². The average molecular weight is 1050 g/mol. The topological polar surface area (TPSA) is 0 Å². The molecule has 4 fully saturated rings. The van der Waals surface area contributed by atoms with E-state index in [2.05, 4.69) is 149 Å². The van der Waals surface area contributed by atoms with Crippen molar-refractivity contribution in [1.82, 2.24) is 0 Å². The molecular formula is C54H72Cl4Zr2. The zero-order valence-corrected chi connectivity index (χ0v) is 45.6. The van der Waals surface area contributed by atoms with Crippen LogP contribution in [-0.4, -0.2) is 0 Å². The van der Waals surface area contributed by atoms with Crippen LogP contribution in [0.25, 0.3) is 12.2 Å². The fourth-order valence-corrected chi connectivity index (χ4v) is 13.7. The van der Waals surface area contributed by atoms with Crippen molar-refractivity contribution in [2.75, 3.05) is 0 Å². The van der Waals surface area contributed by atoms with Crippen molar-refractivity contribution >= 4 is 46.2 Å². The van der Waals surface area contributed by atoms with Gasteiger partial charge in [0, 0.05) is 0 Å². The van der Waals surface area contributed by atoms with Crippen LogP contribution < -0.4 is 0 Å². The Kier molecular flexibility index (Phi) is 22.0. The summed E-state index contributed by atoms with van der Waals surface area (Å²) in [4.78, 5) is 0. The molecule has 10 rings (SSSR count). The van der Waals surface area contributed by atoms with Crippen LogP contribution >= 0.6 is 34.1 Å². The molecule has 0 N–H and O–H groups in total. The molecular weight excluding hydrogens is 973 g/mol. The van der Waals surface area contributed by atoms with Crippen LogP contribution in [0.3, 0.4) is 0 Å². The van der Waals surface area contributed by atoms with Gasteiger partial charge >= 0.3 is 75.7 Å². The first kappa shape index (κ1) is 54.1. The zero-order valence-electron chi connectivity index (χ0n) is 37.6. The maximum absolute atomic E-state index is 4.93. The Morgan fingerprint density at radius 3 is 1.12 bits per heavy atom. The summed E-state index contributed by atoms with van der Waals surface area (Å²) >= 11 is -1.65. The Balaban J connectivity index is 0.000000276. The normalized spacial score (nSPS) is 32.4. The fourth-order valence-electron chi connectivity index (χ4n) is 13.7. The van der Waals surface area contributed by atoms with E-state index in [9.17, 15) is 0 Å². The van der Waals surface area contributed by atoms with E-state index in [0.717, 1.165) is 71.0 Å². The van der Waals surface area contributed by atoms with Crippen LogP contribution in [0.5, 0.6) is 0 Å². The third kappa shape index (κ3) is 11.1. The van der Waals surface area contributed by atoms with Gasteiger partial charge < -0.3 is 29.7 Å². The first-order valence-electron chi connectivity index (χ1n) is 21.3. The molecule has 0 radical (unpaired) electrons. The number of rotatable bonds is 4. The van der Waals surface area contributed by atoms with Gasteiger partial charge in [-0.05, 0) is 155 Å². The van der Waals surface area contributed by atoms with E-state index in [1.807, 2.05) is 0 Å². The SMILES string of the molecule is CC(C)(C1CCC2C=CC=CC21)C1CCC2C=CC=CC21.CC(C)(C1CCC2c3ccccc3C=CC21)C1CCC2c3ccccc3C=CC21.[CH3-].[CH3-].[CH3-].[CH3-].[Cl][Zr+2][Cl].[Cl][Zr+2][Cl]. The Morgan fingerprint density at radius 1 is 0.417 bits per heavy atom. The Labute approximate surface area is 405 Å². The van der Waals surface area contributed by atoms with Crippen molar-refractivity contribution in [3.05, 3.63) is 161 Å². The van der Waals surface area contributed by atoms with Gasteiger partial charge in [0.25, 0.3) is 0 Å². The molecule has 0 saturated heterocycles. The van der Waals surface area contributed by atoms with Crippen molar-refractivity contribution in [3.63, 3.8) is 0 Å². The van der Waals surface area contributed by atoms with E-state index < -0.39 is 41.7 Å². The molecule has 4 saturated carbocycles. The third-order valence-corrected chi connectivity index (χ3v) is 16.2. The maximum atomic E-state index is 4.93. The molecule has 0 amide bonds. The Hall–Kier alpha value is -0.194. The van der Waals surface area contributed by atoms with E-state index in [4.69, 9.17) is 34.1 Å². The number of fused-ring (bicyclic) bond motifs is 8. The number of allylic oxidation sites excluding steroid dienone is 10. The van der Waals surface area contributed by atoms with Crippen LogP contribution in [0.2, 0.25) is 0 Å². The molecule has 60 heavy (non-hydrogen) atoms. The van der Waals surface area contributed by atoms with Crippen molar-refractivity contribution in [2.24, 2.45) is 70.0 Å². The monoisotopic (exact) mass is 1040 g/mol. The molecule has 12 unspecified atom stereocenters. The molecule has 0 bridgehead atoms. The van der Waals surface area contributed by atoms with Gasteiger partial charge in [0.2, 0.25) is 0 Å². The number of halogens is 4. The quantitative estimate of drug-likeness (QED) is 0.268. The molecule has 12 atom stereocenters. The fraction of sp³-hybridized carbons (Fsp3) is 0.481. The standard InChI is InChI=1S/C29H32.C21H28.4CH3.4ClH.2Zr/c1-29(2,27-17-15-23-21-9-5-3-7-19(21)11-13-25(23)27)28-18-16-24-22-10-6-4-8-20(22)12-14-26(24)28;1-21(2,19-13-11-15-7-3-5-9-17(15)19)20-14-12-16-8-4-6-10-18(16)20;;;;;;;;;;/h3-14,23-28H,15-18H2,1-2H3;3-10,15-20H,11-14H2,1-2H3;4*1H3;4*1H;;/q;;4*-1;;;;;2*+4/p-4. The summed E-state index contributed by atoms with van der Waals surface area (Å²) in [7, 11) is 19.7. The number of benzene rings is 2. The van der Waals surface area contributed by atoms with Gasteiger partial charge in [-0.15, -0.1) is 0 Å². The van der Waals surface area contributed by atoms with E-state index in [1.54, 1.807) is 11.1 Å². The second-order valence-corrected chi connectivity index (χ2v) is 26.4. The first-order chi connectivity index (χ1) is 27.1. The summed E-state index contributed by atoms with van der Waals surface area (Å²) in [6, 6.07) is 18.2. The average Bonchev–Trinajstić information content (AvgIpc) is 4.03. The van der Waals surface area contributed by atoms with Crippen LogP contribution in [0, 0.1) is 99.7 Å². The van der Waals surface area contributed by atoms with E-state index >= 15 is 0 Å². The molecule has 6 heteroatoms.